The van der Waals surface area contributed by atoms with Gasteiger partial charge in [-0.05, 0) is 82.8 Å². The Balaban J connectivity index is 1.25. The van der Waals surface area contributed by atoms with Crippen LogP contribution in [-0.2, 0) is 6.42 Å². The molecule has 2 unspecified atom stereocenters. The lowest BCUT2D eigenvalue weighted by Gasteiger charge is -2.38. The highest BCUT2D eigenvalue weighted by Gasteiger charge is 2.33. The first kappa shape index (κ1) is 27.7. The number of para-hydroxylation sites is 3. The van der Waals surface area contributed by atoms with Gasteiger partial charge in [0.25, 0.3) is 0 Å². The van der Waals surface area contributed by atoms with Gasteiger partial charge in [-0.1, -0.05) is 115 Å². The predicted octanol–water partition coefficient (Wildman–Crippen LogP) is 11.8. The van der Waals surface area contributed by atoms with Gasteiger partial charge in [-0.25, -0.2) is 0 Å². The standard InChI is InChI=1S/C46H34N4/c1-2-14-31(15-3-1)45-46(48-39-20-10-9-19-38(39)47-45)50-40-21-11-8-18-35(40)36-27-37-43(28-42(36)50)49(33-24-22-29-12-4-5-16-32(29)26-33)41-25-23-30-13-6-7-17-34(30)44(37)41/h1-21,23,25-28,45-48H,22,24H2. The van der Waals surface area contributed by atoms with Gasteiger partial charge >= 0.3 is 0 Å². The molecule has 9 aromatic rings. The third-order valence-corrected chi connectivity index (χ3v) is 11.1. The lowest BCUT2D eigenvalue weighted by atomic mass is 9.95. The number of nitrogens with zero attached hydrogens (tertiary/aromatic N) is 2. The minimum Gasteiger partial charge on any atom is -0.373 e. The number of fused-ring (bicyclic) bond motifs is 10. The summed E-state index contributed by atoms with van der Waals surface area (Å²) in [6.07, 6.45) is 4.37. The molecule has 1 aliphatic carbocycles. The zero-order chi connectivity index (χ0) is 32.8. The fourth-order valence-electron chi connectivity index (χ4n) is 8.84. The molecular weight excluding hydrogens is 609 g/mol. The van der Waals surface area contributed by atoms with E-state index in [1.54, 1.807) is 0 Å². The summed E-state index contributed by atoms with van der Waals surface area (Å²) in [4.78, 5) is 0. The second-order valence-electron chi connectivity index (χ2n) is 13.8. The Morgan fingerprint density at radius 1 is 0.500 bits per heavy atom. The van der Waals surface area contributed by atoms with Crippen molar-refractivity contribution in [1.82, 2.24) is 9.13 Å². The van der Waals surface area contributed by atoms with Crippen molar-refractivity contribution in [2.45, 2.75) is 25.0 Å². The first-order valence-electron chi connectivity index (χ1n) is 17.6. The van der Waals surface area contributed by atoms with Gasteiger partial charge in [0.05, 0.1) is 39.5 Å². The molecule has 50 heavy (non-hydrogen) atoms. The highest BCUT2D eigenvalue weighted by atomic mass is 15.3. The van der Waals surface area contributed by atoms with Gasteiger partial charge in [0.15, 0.2) is 0 Å². The molecule has 4 heteroatoms. The van der Waals surface area contributed by atoms with Crippen LogP contribution in [0.4, 0.5) is 11.4 Å². The Morgan fingerprint density at radius 2 is 1.24 bits per heavy atom. The molecule has 2 atom stereocenters. The SMILES string of the molecule is C1=C(n2c3cc4c(cc3c3c5ccccc5ccc32)c2ccccc2n4C2Nc3ccccc3NC2c2ccccc2)CCc2ccccc21. The lowest BCUT2D eigenvalue weighted by Crippen LogP contribution is -2.34. The number of aryl methyl sites for hydroxylation is 1. The maximum Gasteiger partial charge on any atom is 0.129 e. The van der Waals surface area contributed by atoms with E-state index >= 15 is 0 Å². The Hall–Kier alpha value is -6.26. The van der Waals surface area contributed by atoms with E-state index in [9.17, 15) is 0 Å². The number of hydrogen-bond acceptors (Lipinski definition) is 2. The summed E-state index contributed by atoms with van der Waals surface area (Å²) < 4.78 is 5.11. The largest absolute Gasteiger partial charge is 0.373 e. The van der Waals surface area contributed by atoms with Gasteiger partial charge in [-0.3, -0.25) is 0 Å². The monoisotopic (exact) mass is 642 g/mol. The highest BCUT2D eigenvalue weighted by Crippen LogP contribution is 2.46. The zero-order valence-electron chi connectivity index (χ0n) is 27.5. The van der Waals surface area contributed by atoms with Crippen LogP contribution in [0.3, 0.4) is 0 Å². The summed E-state index contributed by atoms with van der Waals surface area (Å²) in [5.74, 6) is 0. The molecule has 0 radical (unpaired) electrons. The molecule has 2 N–H and O–H groups in total. The van der Waals surface area contributed by atoms with Crippen molar-refractivity contribution in [2.24, 2.45) is 0 Å². The number of nitrogens with one attached hydrogen (secondary N) is 2. The normalized spacial score (nSPS) is 17.1. The quantitative estimate of drug-likeness (QED) is 0.201. The minimum absolute atomic E-state index is 0.00755. The zero-order valence-corrected chi connectivity index (χ0v) is 27.5. The van der Waals surface area contributed by atoms with Gasteiger partial charge in [-0.15, -0.1) is 0 Å². The van der Waals surface area contributed by atoms with Gasteiger partial charge in [-0.2, -0.15) is 0 Å². The fourth-order valence-corrected chi connectivity index (χ4v) is 8.84. The van der Waals surface area contributed by atoms with Crippen molar-refractivity contribution in [3.63, 3.8) is 0 Å². The van der Waals surface area contributed by atoms with E-state index in [1.165, 1.54) is 76.8 Å². The van der Waals surface area contributed by atoms with E-state index in [0.29, 0.717) is 0 Å². The topological polar surface area (TPSA) is 33.9 Å². The summed E-state index contributed by atoms with van der Waals surface area (Å²) in [7, 11) is 0. The first-order chi connectivity index (χ1) is 24.8. The molecule has 1 aliphatic heterocycles. The number of benzene rings is 7. The van der Waals surface area contributed by atoms with Crippen molar-refractivity contribution >= 4 is 77.5 Å². The van der Waals surface area contributed by atoms with Gasteiger partial charge in [0.1, 0.15) is 6.17 Å². The summed E-state index contributed by atoms with van der Waals surface area (Å²) in [5, 5.41) is 15.7. The van der Waals surface area contributed by atoms with Crippen LogP contribution in [0.5, 0.6) is 0 Å². The molecule has 3 heterocycles. The van der Waals surface area contributed by atoms with Crippen LogP contribution in [0, 0.1) is 0 Å². The molecule has 0 bridgehead atoms. The van der Waals surface area contributed by atoms with Crippen LogP contribution in [0.1, 0.15) is 35.3 Å². The summed E-state index contributed by atoms with van der Waals surface area (Å²) in [6, 6.07) is 55.6. The van der Waals surface area contributed by atoms with Crippen LogP contribution >= 0.6 is 0 Å². The first-order valence-corrected chi connectivity index (χ1v) is 17.6. The molecule has 2 aliphatic rings. The van der Waals surface area contributed by atoms with Crippen LogP contribution in [-0.4, -0.2) is 9.13 Å². The maximum absolute atomic E-state index is 4.00. The number of anilines is 2. The smallest absolute Gasteiger partial charge is 0.129 e. The molecule has 0 saturated carbocycles. The van der Waals surface area contributed by atoms with Crippen molar-refractivity contribution in [2.75, 3.05) is 10.6 Å². The molecule has 238 valence electrons. The van der Waals surface area contributed by atoms with Crippen LogP contribution in [0.25, 0.3) is 66.2 Å². The number of hydrogen-bond donors (Lipinski definition) is 2. The molecular formula is C46H34N4. The Morgan fingerprint density at radius 3 is 2.14 bits per heavy atom. The molecule has 11 rings (SSSR count). The Bertz CT molecular complexity index is 2840. The van der Waals surface area contributed by atoms with Crippen LogP contribution in [0.15, 0.2) is 152 Å². The molecule has 0 saturated heterocycles. The van der Waals surface area contributed by atoms with Crippen LogP contribution in [0.2, 0.25) is 0 Å². The molecule has 0 spiro atoms. The minimum atomic E-state index is -0.0772. The van der Waals surface area contributed by atoms with Crippen molar-refractivity contribution < 1.29 is 0 Å². The van der Waals surface area contributed by atoms with E-state index in [2.05, 4.69) is 178 Å². The van der Waals surface area contributed by atoms with Crippen molar-refractivity contribution in [1.29, 1.82) is 0 Å². The maximum atomic E-state index is 4.00. The summed E-state index contributed by atoms with van der Waals surface area (Å²) >= 11 is 0. The fraction of sp³-hybridized carbons (Fsp3) is 0.0870. The second-order valence-corrected chi connectivity index (χ2v) is 13.8. The summed E-state index contributed by atoms with van der Waals surface area (Å²) in [6.45, 7) is 0. The molecule has 2 aromatic heterocycles. The van der Waals surface area contributed by atoms with Crippen molar-refractivity contribution in [3.05, 3.63) is 168 Å². The molecule has 0 amide bonds. The number of allylic oxidation sites excluding steroid dienone is 1. The lowest BCUT2D eigenvalue weighted by molar-refractivity contribution is 0.506. The average molecular weight is 643 g/mol. The summed E-state index contributed by atoms with van der Waals surface area (Å²) in [5.41, 5.74) is 12.5. The number of aromatic nitrogens is 2. The van der Waals surface area contributed by atoms with Gasteiger partial charge < -0.3 is 19.8 Å². The third-order valence-electron chi connectivity index (χ3n) is 11.1. The van der Waals surface area contributed by atoms with E-state index in [0.717, 1.165) is 24.2 Å². The molecule has 7 aromatic carbocycles. The van der Waals surface area contributed by atoms with E-state index in [4.69, 9.17) is 0 Å². The predicted molar refractivity (Wildman–Crippen MR) is 211 cm³/mol. The Kier molecular flexibility index (Phi) is 5.88. The van der Waals surface area contributed by atoms with Crippen molar-refractivity contribution in [3.8, 4) is 0 Å². The second kappa shape index (κ2) is 10.6. The highest BCUT2D eigenvalue weighted by molar-refractivity contribution is 6.25. The van der Waals surface area contributed by atoms with E-state index < -0.39 is 0 Å². The van der Waals surface area contributed by atoms with Gasteiger partial charge in [0.2, 0.25) is 0 Å². The van der Waals surface area contributed by atoms with E-state index in [1.807, 2.05) is 0 Å². The van der Waals surface area contributed by atoms with E-state index in [-0.39, 0.29) is 12.2 Å². The molecule has 4 nitrogen and oxygen atoms in total. The Labute approximate surface area is 289 Å². The number of rotatable bonds is 3. The third kappa shape index (κ3) is 3.99. The van der Waals surface area contributed by atoms with Crippen LogP contribution < -0.4 is 10.6 Å². The molecule has 0 fully saturated rings. The van der Waals surface area contributed by atoms with Gasteiger partial charge in [0, 0.05) is 27.2 Å². The average Bonchev–Trinajstić information content (AvgIpc) is 3.68.